The highest BCUT2D eigenvalue weighted by Gasteiger charge is 2.47. The van der Waals surface area contributed by atoms with E-state index in [9.17, 15) is 8.78 Å². The van der Waals surface area contributed by atoms with Crippen molar-refractivity contribution in [1.82, 2.24) is 25.2 Å². The van der Waals surface area contributed by atoms with Crippen LogP contribution in [0.2, 0.25) is 0 Å². The number of piperidine rings is 1. The van der Waals surface area contributed by atoms with Crippen LogP contribution in [0.4, 0.5) is 19.0 Å². The van der Waals surface area contributed by atoms with Crippen LogP contribution in [-0.4, -0.2) is 77.9 Å². The number of allylic oxidation sites excluding steroid dienone is 1. The van der Waals surface area contributed by atoms with Crippen molar-refractivity contribution in [3.05, 3.63) is 65.9 Å². The van der Waals surface area contributed by atoms with Crippen molar-refractivity contribution in [2.45, 2.75) is 114 Å². The van der Waals surface area contributed by atoms with E-state index in [0.717, 1.165) is 69.5 Å². The molecular formula is C47H71F3N6O. The first-order valence-electron chi connectivity index (χ1n) is 21.2. The zero-order valence-electron chi connectivity index (χ0n) is 35.4. The molecule has 7 nitrogen and oxygen atoms in total. The fraction of sp³-hybridized carbons (Fsp3) is 0.596. The number of fused-ring (bicyclic) bond motifs is 3. The Kier molecular flexibility index (Phi) is 15.6. The molecule has 2 aromatic carbocycles. The van der Waals surface area contributed by atoms with Gasteiger partial charge in [0.05, 0.1) is 29.9 Å². The van der Waals surface area contributed by atoms with Crippen LogP contribution < -0.4 is 15.0 Å². The van der Waals surface area contributed by atoms with Gasteiger partial charge in [-0.1, -0.05) is 86.2 Å². The molecule has 1 aliphatic carbocycles. The van der Waals surface area contributed by atoms with Crippen LogP contribution in [-0.2, 0) is 6.42 Å². The number of piperazine rings is 1. The van der Waals surface area contributed by atoms with E-state index in [1.165, 1.54) is 6.07 Å². The fourth-order valence-corrected chi connectivity index (χ4v) is 8.81. The van der Waals surface area contributed by atoms with Crippen LogP contribution in [0.25, 0.3) is 32.9 Å². The molecule has 0 radical (unpaired) electrons. The van der Waals surface area contributed by atoms with Crippen LogP contribution >= 0.6 is 0 Å². The number of nitrogens with one attached hydrogen (secondary N) is 1. The van der Waals surface area contributed by atoms with E-state index in [0.29, 0.717) is 53.7 Å². The van der Waals surface area contributed by atoms with E-state index < -0.39 is 5.82 Å². The summed E-state index contributed by atoms with van der Waals surface area (Å²) in [5, 5.41) is 5.67. The Morgan fingerprint density at radius 2 is 1.65 bits per heavy atom. The summed E-state index contributed by atoms with van der Waals surface area (Å²) in [7, 11) is 0. The lowest BCUT2D eigenvalue weighted by Crippen LogP contribution is -2.63. The quantitative estimate of drug-likeness (QED) is 0.169. The third kappa shape index (κ3) is 8.82. The number of alkyl halides is 1. The van der Waals surface area contributed by atoms with Crippen molar-refractivity contribution in [2.24, 2.45) is 16.7 Å². The minimum absolute atomic E-state index is 0. The number of benzene rings is 2. The summed E-state index contributed by atoms with van der Waals surface area (Å²) >= 11 is 0. The fourth-order valence-electron chi connectivity index (χ4n) is 8.81. The Morgan fingerprint density at radius 1 is 0.947 bits per heavy atom. The van der Waals surface area contributed by atoms with Gasteiger partial charge < -0.3 is 19.9 Å². The van der Waals surface area contributed by atoms with Gasteiger partial charge in [-0.2, -0.15) is 9.97 Å². The number of aryl methyl sites for hydroxylation is 1. The molecule has 2 atom stereocenters. The van der Waals surface area contributed by atoms with Crippen molar-refractivity contribution < 1.29 is 19.3 Å². The molecule has 2 aromatic heterocycles. The van der Waals surface area contributed by atoms with Gasteiger partial charge in [-0.3, -0.25) is 4.39 Å². The third-order valence-electron chi connectivity index (χ3n) is 12.5. The number of halogens is 3. The van der Waals surface area contributed by atoms with Crippen molar-refractivity contribution in [3.8, 4) is 17.3 Å². The average molecular weight is 793 g/mol. The molecule has 57 heavy (non-hydrogen) atoms. The molecule has 2 saturated heterocycles. The maximum absolute atomic E-state index is 17.1. The molecule has 1 unspecified atom stereocenters. The van der Waals surface area contributed by atoms with Crippen molar-refractivity contribution in [2.75, 3.05) is 57.4 Å². The minimum Gasteiger partial charge on any atom is -0.463 e. The SMILES string of the molecule is C.C=CCC1(CF)CCN(CC2(COc3nc4c5c(nc(-c6cccc7ccc(F)c(C)c67)c(F)c5n3)C[C@H](C)C3(C)CNCCN43)CC2)CC1.CC.CC.CC.[HH]. The summed E-state index contributed by atoms with van der Waals surface area (Å²) in [5.41, 5.74) is 1.51. The molecule has 5 heterocycles. The number of rotatable bonds is 9. The zero-order valence-corrected chi connectivity index (χ0v) is 35.4. The first-order valence-corrected chi connectivity index (χ1v) is 21.2. The first kappa shape index (κ1) is 45.9. The molecule has 10 heteroatoms. The molecule has 8 rings (SSSR count). The van der Waals surface area contributed by atoms with Gasteiger partial charge in [0.2, 0.25) is 0 Å². The maximum Gasteiger partial charge on any atom is 0.319 e. The Labute approximate surface area is 342 Å². The molecule has 4 aromatic rings. The predicted octanol–water partition coefficient (Wildman–Crippen LogP) is 11.5. The van der Waals surface area contributed by atoms with Gasteiger partial charge in [0.25, 0.3) is 0 Å². The molecule has 1 saturated carbocycles. The number of nitrogens with zero attached hydrogens (tertiary/aromatic N) is 5. The lowest BCUT2D eigenvalue weighted by molar-refractivity contribution is 0.0595. The molecule has 4 aliphatic rings. The number of aromatic nitrogens is 3. The van der Waals surface area contributed by atoms with E-state index in [1.54, 1.807) is 13.0 Å². The monoisotopic (exact) mass is 793 g/mol. The van der Waals surface area contributed by atoms with Gasteiger partial charge >= 0.3 is 6.01 Å². The average Bonchev–Trinajstić information content (AvgIpc) is 4.02. The van der Waals surface area contributed by atoms with Crippen molar-refractivity contribution in [3.63, 3.8) is 0 Å². The Balaban J connectivity index is 0.00000108. The van der Waals surface area contributed by atoms with Gasteiger partial charge in [-0.15, -0.1) is 6.58 Å². The molecule has 1 N–H and O–H groups in total. The second-order valence-corrected chi connectivity index (χ2v) is 15.8. The van der Waals surface area contributed by atoms with Crippen molar-refractivity contribution >= 4 is 27.5 Å². The highest BCUT2D eigenvalue weighted by Crippen LogP contribution is 2.49. The Bertz CT molecular complexity index is 1980. The summed E-state index contributed by atoms with van der Waals surface area (Å²) < 4.78 is 52.5. The Morgan fingerprint density at radius 3 is 2.30 bits per heavy atom. The van der Waals surface area contributed by atoms with E-state index in [2.05, 4.69) is 35.5 Å². The summed E-state index contributed by atoms with van der Waals surface area (Å²) in [6, 6.07) is 8.94. The third-order valence-corrected chi connectivity index (χ3v) is 12.5. The maximum atomic E-state index is 17.1. The van der Waals surface area contributed by atoms with Crippen molar-refractivity contribution in [1.29, 1.82) is 0 Å². The molecule has 3 aliphatic heterocycles. The van der Waals surface area contributed by atoms with E-state index in [-0.39, 0.29) is 60.9 Å². The largest absolute Gasteiger partial charge is 0.463 e. The number of ether oxygens (including phenoxy) is 1. The van der Waals surface area contributed by atoms with Crippen LogP contribution in [0.3, 0.4) is 0 Å². The van der Waals surface area contributed by atoms with Crippen LogP contribution in [0.1, 0.15) is 108 Å². The summed E-state index contributed by atoms with van der Waals surface area (Å²) in [6.07, 6.45) is 6.89. The highest BCUT2D eigenvalue weighted by molar-refractivity contribution is 6.01. The Hall–Kier alpha value is -3.76. The van der Waals surface area contributed by atoms with Crippen LogP contribution in [0.15, 0.2) is 43.0 Å². The van der Waals surface area contributed by atoms with E-state index in [1.807, 2.05) is 65.8 Å². The van der Waals surface area contributed by atoms with Gasteiger partial charge in [-0.05, 0) is 93.8 Å². The molecule has 0 spiro atoms. The van der Waals surface area contributed by atoms with Crippen LogP contribution in [0.5, 0.6) is 6.01 Å². The number of anilines is 1. The normalized spacial score (nSPS) is 21.5. The van der Waals surface area contributed by atoms with E-state index in [4.69, 9.17) is 19.7 Å². The number of hydrogen-bond acceptors (Lipinski definition) is 7. The standard InChI is InChI=1S/C40H47F3N6O.3C2H6.CH4.H2/c1-5-11-39(21-41)14-17-48(18-15-39)23-40(12-13-40)24-50-37-46-35-32-30(20-25(2)38(4)22-44-16-19-49(38)36(32)47-37)45-34(33(35)43)28-8-6-7-27-9-10-29(42)26(3)31(27)28;3*1-2;;/h5-10,25,44H,1,11-24H2,2-4H3;3*1-2H3;1H4;1H/t25-,38?;;;;;/m0...../s1. The number of pyridine rings is 1. The lowest BCUT2D eigenvalue weighted by Gasteiger charge is -2.48. The highest BCUT2D eigenvalue weighted by atomic mass is 19.1. The molecule has 316 valence electrons. The second kappa shape index (κ2) is 19.3. The topological polar surface area (TPSA) is 66.4 Å². The molecular weight excluding hydrogens is 722 g/mol. The predicted molar refractivity (Wildman–Crippen MR) is 235 cm³/mol. The lowest BCUT2D eigenvalue weighted by atomic mass is 9.76. The number of likely N-dealkylation sites (tertiary alicyclic amines) is 1. The van der Waals surface area contributed by atoms with Gasteiger partial charge in [0, 0.05) is 44.0 Å². The van der Waals surface area contributed by atoms with Crippen LogP contribution in [0, 0.1) is 35.3 Å². The first-order chi connectivity index (χ1) is 27.1. The summed E-state index contributed by atoms with van der Waals surface area (Å²) in [6.45, 7) is 27.0. The minimum atomic E-state index is -0.551. The van der Waals surface area contributed by atoms with E-state index >= 15 is 4.39 Å². The molecule has 0 amide bonds. The molecule has 3 fully saturated rings. The van der Waals surface area contributed by atoms with Gasteiger partial charge in [0.15, 0.2) is 5.82 Å². The second-order valence-electron chi connectivity index (χ2n) is 15.8. The smallest absolute Gasteiger partial charge is 0.319 e. The summed E-state index contributed by atoms with van der Waals surface area (Å²) in [4.78, 5) is 19.6. The zero-order chi connectivity index (χ0) is 40.8. The summed E-state index contributed by atoms with van der Waals surface area (Å²) in [5.74, 6) is -0.0636. The van der Waals surface area contributed by atoms with Gasteiger partial charge in [-0.25, -0.2) is 13.8 Å². The molecule has 0 bridgehead atoms. The number of hydrogen-bond donors (Lipinski definition) is 1. The van der Waals surface area contributed by atoms with Gasteiger partial charge in [0.1, 0.15) is 22.8 Å².